The fourth-order valence-corrected chi connectivity index (χ4v) is 4.22. The number of ketones is 1. The molecule has 1 unspecified atom stereocenters. The van der Waals surface area contributed by atoms with Gasteiger partial charge in [-0.3, -0.25) is 4.79 Å². The average Bonchev–Trinajstić information content (AvgIpc) is 3.11. The normalized spacial score (nSPS) is 22.2. The lowest BCUT2D eigenvalue weighted by atomic mass is 9.82. The van der Waals surface area contributed by atoms with Crippen LogP contribution in [0.3, 0.4) is 0 Å². The Bertz CT molecular complexity index is 792. The monoisotopic (exact) mass is 350 g/mol. The van der Waals surface area contributed by atoms with Gasteiger partial charge < -0.3 is 4.57 Å². The molecule has 0 amide bonds. The number of halogens is 3. The van der Waals surface area contributed by atoms with E-state index in [0.717, 1.165) is 16.8 Å². The first-order valence-corrected chi connectivity index (χ1v) is 8.55. The summed E-state index contributed by atoms with van der Waals surface area (Å²) in [6, 6.07) is 5.48. The molecule has 1 aliphatic carbocycles. The maximum Gasteiger partial charge on any atom is 0.248 e. The van der Waals surface area contributed by atoms with Crippen molar-refractivity contribution >= 4 is 17.4 Å². The minimum atomic E-state index is -2.61. The molecule has 6 heteroatoms. The van der Waals surface area contributed by atoms with Crippen LogP contribution in [0.25, 0.3) is 11.3 Å². The number of imidazole rings is 1. The number of benzene rings is 1. The number of alkyl halides is 2. The van der Waals surface area contributed by atoms with E-state index in [4.69, 9.17) is 11.6 Å². The van der Waals surface area contributed by atoms with Gasteiger partial charge in [-0.2, -0.15) is 0 Å². The van der Waals surface area contributed by atoms with Gasteiger partial charge in [0.1, 0.15) is 5.78 Å². The molecule has 1 fully saturated rings. The first kappa shape index (κ1) is 15.8. The molecule has 1 aromatic carbocycles. The first-order chi connectivity index (χ1) is 11.5. The molecular weight excluding hydrogens is 334 g/mol. The summed E-state index contributed by atoms with van der Waals surface area (Å²) in [5.74, 6) is -2.84. The summed E-state index contributed by atoms with van der Waals surface area (Å²) in [6.45, 7) is 0. The Balaban J connectivity index is 1.59. The highest BCUT2D eigenvalue weighted by Gasteiger charge is 2.39. The molecule has 0 spiro atoms. The fraction of sp³-hybridized carbons (Fsp3) is 0.444. The number of nitrogens with zero attached hydrogens (tertiary/aromatic N) is 2. The summed E-state index contributed by atoms with van der Waals surface area (Å²) in [4.78, 5) is 16.9. The molecule has 1 aromatic heterocycles. The van der Waals surface area contributed by atoms with E-state index >= 15 is 0 Å². The second kappa shape index (κ2) is 5.66. The summed E-state index contributed by atoms with van der Waals surface area (Å²) < 4.78 is 28.6. The van der Waals surface area contributed by atoms with Crippen molar-refractivity contribution in [3.63, 3.8) is 0 Å². The topological polar surface area (TPSA) is 34.9 Å². The summed E-state index contributed by atoms with van der Waals surface area (Å²) >= 11 is 6.37. The van der Waals surface area contributed by atoms with Gasteiger partial charge in [-0.25, -0.2) is 13.8 Å². The van der Waals surface area contributed by atoms with Gasteiger partial charge in [0.2, 0.25) is 5.92 Å². The number of rotatable bonds is 3. The van der Waals surface area contributed by atoms with Crippen molar-refractivity contribution in [3.8, 4) is 11.3 Å². The van der Waals surface area contributed by atoms with Crippen molar-refractivity contribution < 1.29 is 13.6 Å². The van der Waals surface area contributed by atoms with Crippen LogP contribution in [0, 0.1) is 5.92 Å². The third-order valence-electron chi connectivity index (χ3n) is 5.23. The van der Waals surface area contributed by atoms with Crippen LogP contribution in [-0.2, 0) is 4.79 Å². The van der Waals surface area contributed by atoms with E-state index in [1.807, 2.05) is 22.8 Å². The Morgan fingerprint density at radius 2 is 2.08 bits per heavy atom. The van der Waals surface area contributed by atoms with Crippen LogP contribution in [0.15, 0.2) is 30.7 Å². The zero-order valence-electron chi connectivity index (χ0n) is 13.0. The van der Waals surface area contributed by atoms with Crippen molar-refractivity contribution in [2.24, 2.45) is 5.92 Å². The quantitative estimate of drug-likeness (QED) is 0.789. The molecule has 126 valence electrons. The molecule has 0 saturated heterocycles. The van der Waals surface area contributed by atoms with Crippen LogP contribution < -0.4 is 0 Å². The Labute approximate surface area is 143 Å². The molecule has 0 N–H and O–H groups in total. The summed E-state index contributed by atoms with van der Waals surface area (Å²) in [7, 11) is 0. The highest BCUT2D eigenvalue weighted by molar-refractivity contribution is 6.32. The number of carbonyl (C=O) groups excluding carboxylic acids is 1. The van der Waals surface area contributed by atoms with E-state index in [2.05, 4.69) is 4.98 Å². The Kier molecular flexibility index (Phi) is 3.71. The molecule has 24 heavy (non-hydrogen) atoms. The SMILES string of the molecule is O=C(CC1c2c(Cl)cccc2-c2cncn21)C1CCC(F)(F)CC1. The lowest BCUT2D eigenvalue weighted by Crippen LogP contribution is -2.29. The molecular formula is C18H17ClF2N2O. The highest BCUT2D eigenvalue weighted by Crippen LogP contribution is 2.45. The van der Waals surface area contributed by atoms with Crippen molar-refractivity contribution in [1.29, 1.82) is 0 Å². The van der Waals surface area contributed by atoms with E-state index in [0.29, 0.717) is 5.02 Å². The maximum atomic E-state index is 13.3. The molecule has 3 nitrogen and oxygen atoms in total. The van der Waals surface area contributed by atoms with Crippen LogP contribution in [0.2, 0.25) is 5.02 Å². The highest BCUT2D eigenvalue weighted by atomic mass is 35.5. The van der Waals surface area contributed by atoms with Gasteiger partial charge >= 0.3 is 0 Å². The number of Topliss-reactive ketones (excluding diaryl/α,β-unsaturated/α-hetero) is 1. The van der Waals surface area contributed by atoms with Gasteiger partial charge in [-0.15, -0.1) is 0 Å². The lowest BCUT2D eigenvalue weighted by Gasteiger charge is -2.28. The van der Waals surface area contributed by atoms with Gasteiger partial charge in [0.05, 0.1) is 24.3 Å². The third-order valence-corrected chi connectivity index (χ3v) is 5.56. The van der Waals surface area contributed by atoms with E-state index in [1.165, 1.54) is 0 Å². The van der Waals surface area contributed by atoms with E-state index < -0.39 is 5.92 Å². The number of hydrogen-bond acceptors (Lipinski definition) is 2. The molecule has 1 saturated carbocycles. The summed E-state index contributed by atoms with van der Waals surface area (Å²) in [5.41, 5.74) is 2.87. The molecule has 4 rings (SSSR count). The number of aromatic nitrogens is 2. The van der Waals surface area contributed by atoms with E-state index in [-0.39, 0.29) is 49.8 Å². The number of carbonyl (C=O) groups is 1. The lowest BCUT2D eigenvalue weighted by molar-refractivity contribution is -0.127. The molecule has 1 aliphatic heterocycles. The van der Waals surface area contributed by atoms with Gasteiger partial charge in [0, 0.05) is 41.3 Å². The smallest absolute Gasteiger partial charge is 0.248 e. The van der Waals surface area contributed by atoms with Crippen molar-refractivity contribution in [3.05, 3.63) is 41.3 Å². The van der Waals surface area contributed by atoms with E-state index in [9.17, 15) is 13.6 Å². The zero-order chi connectivity index (χ0) is 16.9. The minimum Gasteiger partial charge on any atom is -0.322 e. The van der Waals surface area contributed by atoms with Gasteiger partial charge in [-0.1, -0.05) is 23.7 Å². The average molecular weight is 351 g/mol. The number of hydrogen-bond donors (Lipinski definition) is 0. The van der Waals surface area contributed by atoms with E-state index in [1.54, 1.807) is 12.5 Å². The Hall–Kier alpha value is -1.75. The first-order valence-electron chi connectivity index (χ1n) is 8.17. The van der Waals surface area contributed by atoms with Crippen LogP contribution in [0.5, 0.6) is 0 Å². The Morgan fingerprint density at radius 3 is 2.83 bits per heavy atom. The maximum absolute atomic E-state index is 13.3. The Morgan fingerprint density at radius 1 is 1.33 bits per heavy atom. The molecule has 1 atom stereocenters. The molecule has 2 aromatic rings. The predicted octanol–water partition coefficient (Wildman–Crippen LogP) is 4.89. The zero-order valence-corrected chi connectivity index (χ0v) is 13.8. The van der Waals surface area contributed by atoms with Crippen LogP contribution in [0.1, 0.15) is 43.7 Å². The van der Waals surface area contributed by atoms with Crippen molar-refractivity contribution in [1.82, 2.24) is 9.55 Å². The van der Waals surface area contributed by atoms with Crippen LogP contribution in [0.4, 0.5) is 8.78 Å². The second-order valence-corrected chi connectivity index (χ2v) is 7.11. The largest absolute Gasteiger partial charge is 0.322 e. The molecule has 2 aliphatic rings. The number of fused-ring (bicyclic) bond motifs is 3. The van der Waals surface area contributed by atoms with Gasteiger partial charge in [0.15, 0.2) is 0 Å². The van der Waals surface area contributed by atoms with Crippen LogP contribution >= 0.6 is 11.6 Å². The molecule has 0 bridgehead atoms. The second-order valence-electron chi connectivity index (χ2n) is 6.70. The van der Waals surface area contributed by atoms with Crippen molar-refractivity contribution in [2.75, 3.05) is 0 Å². The summed E-state index contributed by atoms with van der Waals surface area (Å²) in [5, 5.41) is 0.629. The molecule has 0 radical (unpaired) electrons. The standard InChI is InChI=1S/C18H17ClF2N2O/c19-13-3-1-2-12-15-9-22-10-23(15)14(17(12)13)8-16(24)11-4-6-18(20,21)7-5-11/h1-3,9-11,14H,4-8H2. The third kappa shape index (κ3) is 2.55. The molecule has 2 heterocycles. The van der Waals surface area contributed by atoms with Crippen LogP contribution in [-0.4, -0.2) is 21.3 Å². The summed E-state index contributed by atoms with van der Waals surface area (Å²) in [6.07, 6.45) is 3.90. The predicted molar refractivity (Wildman–Crippen MR) is 87.3 cm³/mol. The van der Waals surface area contributed by atoms with Gasteiger partial charge in [0.25, 0.3) is 0 Å². The minimum absolute atomic E-state index is 0.0444. The van der Waals surface area contributed by atoms with Crippen molar-refractivity contribution in [2.45, 2.75) is 44.1 Å². The van der Waals surface area contributed by atoms with Gasteiger partial charge in [-0.05, 0) is 18.9 Å². The fourth-order valence-electron chi connectivity index (χ4n) is 3.92.